The van der Waals surface area contributed by atoms with Gasteiger partial charge in [0.05, 0.1) is 12.7 Å². The van der Waals surface area contributed by atoms with Crippen molar-refractivity contribution >= 4 is 38.9 Å². The molecule has 96 valence electrons. The van der Waals surface area contributed by atoms with Crippen LogP contribution in [-0.2, 0) is 14.8 Å². The third-order valence-corrected chi connectivity index (χ3v) is 5.33. The summed E-state index contributed by atoms with van der Waals surface area (Å²) in [6, 6.07) is 0. The first kappa shape index (κ1) is 14.4. The summed E-state index contributed by atoms with van der Waals surface area (Å²) in [4.78, 5) is 16.4. The second-order valence-electron chi connectivity index (χ2n) is 3.48. The van der Waals surface area contributed by atoms with Crippen LogP contribution in [0.15, 0.2) is 10.4 Å². The summed E-state index contributed by atoms with van der Waals surface area (Å²) >= 11 is 6.43. The topological polar surface area (TPSA) is 70.6 Å². The highest BCUT2D eigenvalue weighted by molar-refractivity contribution is 7.91. The molecule has 0 aliphatic rings. The highest BCUT2D eigenvalue weighted by Crippen LogP contribution is 2.24. The first-order chi connectivity index (χ1) is 7.75. The van der Waals surface area contributed by atoms with Crippen molar-refractivity contribution in [3.63, 3.8) is 0 Å². The second-order valence-corrected chi connectivity index (χ2v) is 7.37. The minimum Gasteiger partial charge on any atom is -0.348 e. The Morgan fingerprint density at radius 1 is 1.47 bits per heavy atom. The van der Waals surface area contributed by atoms with Gasteiger partial charge in [-0.15, -0.1) is 0 Å². The Bertz CT molecular complexity index is 512. The molecule has 0 spiro atoms. The maximum Gasteiger partial charge on any atom is 0.254 e. The summed E-state index contributed by atoms with van der Waals surface area (Å²) in [6.07, 6.45) is 1.18. The van der Waals surface area contributed by atoms with Gasteiger partial charge < -0.3 is 4.90 Å². The van der Waals surface area contributed by atoms with E-state index in [1.165, 1.54) is 18.1 Å². The largest absolute Gasteiger partial charge is 0.348 e. The molecule has 1 aromatic rings. The molecule has 0 aliphatic carbocycles. The van der Waals surface area contributed by atoms with E-state index in [1.807, 2.05) is 0 Å². The Morgan fingerprint density at radius 2 is 2.06 bits per heavy atom. The van der Waals surface area contributed by atoms with Crippen molar-refractivity contribution in [2.45, 2.75) is 4.21 Å². The molecule has 1 rings (SSSR count). The van der Waals surface area contributed by atoms with Gasteiger partial charge in [-0.2, -0.15) is 4.31 Å². The summed E-state index contributed by atoms with van der Waals surface area (Å²) in [5.74, 6) is -0.299. The third-order valence-electron chi connectivity index (χ3n) is 1.98. The van der Waals surface area contributed by atoms with Crippen molar-refractivity contribution in [1.29, 1.82) is 0 Å². The molecule has 0 saturated carbocycles. The first-order valence-corrected chi connectivity index (χ1v) is 7.16. The Hall–Kier alpha value is -0.700. The molecular weight excluding hydrogens is 286 g/mol. The molecule has 0 fully saturated rings. The van der Waals surface area contributed by atoms with Gasteiger partial charge in [0.15, 0.2) is 8.68 Å². The fraction of sp³-hybridized carbons (Fsp3) is 0.500. The number of hydrogen-bond donors (Lipinski definition) is 0. The molecule has 0 saturated heterocycles. The van der Waals surface area contributed by atoms with E-state index in [1.54, 1.807) is 14.1 Å². The fourth-order valence-corrected chi connectivity index (χ4v) is 3.55. The van der Waals surface area contributed by atoms with E-state index in [0.717, 1.165) is 15.6 Å². The smallest absolute Gasteiger partial charge is 0.254 e. The van der Waals surface area contributed by atoms with Crippen LogP contribution in [0.2, 0.25) is 4.47 Å². The van der Waals surface area contributed by atoms with E-state index in [0.29, 0.717) is 0 Å². The normalized spacial score (nSPS) is 11.8. The van der Waals surface area contributed by atoms with Crippen LogP contribution in [0.4, 0.5) is 0 Å². The monoisotopic (exact) mass is 297 g/mol. The second kappa shape index (κ2) is 5.30. The molecule has 1 heterocycles. The zero-order valence-corrected chi connectivity index (χ0v) is 11.9. The molecule has 0 radical (unpaired) electrons. The molecule has 17 heavy (non-hydrogen) atoms. The number of carbonyl (C=O) groups excluding carboxylic acids is 1. The Labute approximate surface area is 109 Å². The number of nitrogens with zero attached hydrogens (tertiary/aromatic N) is 3. The van der Waals surface area contributed by atoms with Gasteiger partial charge in [0.2, 0.25) is 5.91 Å². The van der Waals surface area contributed by atoms with Crippen LogP contribution >= 0.6 is 22.9 Å². The Kier molecular flexibility index (Phi) is 4.48. The van der Waals surface area contributed by atoms with Crippen LogP contribution in [0, 0.1) is 0 Å². The van der Waals surface area contributed by atoms with E-state index in [4.69, 9.17) is 11.6 Å². The quantitative estimate of drug-likeness (QED) is 0.812. The standard InChI is InChI=1S/C8H12ClN3O3S2/c1-11(2)6(13)5-12(3)17(14,15)7-4-10-8(9)16-7/h4H,5H2,1-3H3. The molecule has 0 aliphatic heterocycles. The summed E-state index contributed by atoms with van der Waals surface area (Å²) in [5.41, 5.74) is 0. The average molecular weight is 298 g/mol. The number of thiazole rings is 1. The van der Waals surface area contributed by atoms with Gasteiger partial charge in [0, 0.05) is 21.1 Å². The first-order valence-electron chi connectivity index (χ1n) is 4.53. The zero-order chi connectivity index (χ0) is 13.2. The van der Waals surface area contributed by atoms with Crippen molar-refractivity contribution < 1.29 is 13.2 Å². The summed E-state index contributed by atoms with van der Waals surface area (Å²) in [7, 11) is 0.772. The van der Waals surface area contributed by atoms with Gasteiger partial charge in [-0.3, -0.25) is 4.79 Å². The predicted octanol–water partition coefficient (Wildman–Crippen LogP) is 0.505. The van der Waals surface area contributed by atoms with Gasteiger partial charge >= 0.3 is 0 Å². The number of sulfonamides is 1. The van der Waals surface area contributed by atoms with Crippen molar-refractivity contribution in [1.82, 2.24) is 14.2 Å². The molecule has 0 atom stereocenters. The number of rotatable bonds is 4. The van der Waals surface area contributed by atoms with Gasteiger partial charge in [0.1, 0.15) is 0 Å². The number of amides is 1. The number of carbonyl (C=O) groups is 1. The molecule has 9 heteroatoms. The maximum absolute atomic E-state index is 12.0. The molecule has 6 nitrogen and oxygen atoms in total. The highest BCUT2D eigenvalue weighted by atomic mass is 35.5. The van der Waals surface area contributed by atoms with Crippen molar-refractivity contribution in [2.75, 3.05) is 27.7 Å². The van der Waals surface area contributed by atoms with Crippen molar-refractivity contribution in [3.05, 3.63) is 10.7 Å². The lowest BCUT2D eigenvalue weighted by Crippen LogP contribution is -2.37. The Balaban J connectivity index is 2.88. The lowest BCUT2D eigenvalue weighted by atomic mass is 10.5. The van der Waals surface area contributed by atoms with Crippen molar-refractivity contribution in [3.8, 4) is 0 Å². The maximum atomic E-state index is 12.0. The number of likely N-dealkylation sites (N-methyl/N-ethyl adjacent to an activating group) is 2. The summed E-state index contributed by atoms with van der Waals surface area (Å²) < 4.78 is 25.1. The van der Waals surface area contributed by atoms with E-state index in [-0.39, 0.29) is 21.1 Å². The van der Waals surface area contributed by atoms with Gasteiger partial charge in [0.25, 0.3) is 10.0 Å². The van der Waals surface area contributed by atoms with Crippen LogP contribution in [0.3, 0.4) is 0 Å². The van der Waals surface area contributed by atoms with Gasteiger partial charge in [-0.25, -0.2) is 13.4 Å². The van der Waals surface area contributed by atoms with E-state index < -0.39 is 10.0 Å². The molecule has 0 aromatic carbocycles. The zero-order valence-electron chi connectivity index (χ0n) is 9.55. The summed E-state index contributed by atoms with van der Waals surface area (Å²) in [5, 5.41) is 0. The molecular formula is C8H12ClN3O3S2. The minimum absolute atomic E-state index is 0.0246. The van der Waals surface area contributed by atoms with Gasteiger partial charge in [-0.05, 0) is 0 Å². The lowest BCUT2D eigenvalue weighted by molar-refractivity contribution is -0.128. The van der Waals surface area contributed by atoms with Crippen LogP contribution in [-0.4, -0.2) is 56.2 Å². The van der Waals surface area contributed by atoms with Crippen LogP contribution in [0.5, 0.6) is 0 Å². The molecule has 0 unspecified atom stereocenters. The van der Waals surface area contributed by atoms with Crippen molar-refractivity contribution in [2.24, 2.45) is 0 Å². The molecule has 1 amide bonds. The van der Waals surface area contributed by atoms with E-state index in [2.05, 4.69) is 4.98 Å². The predicted molar refractivity (Wildman–Crippen MR) is 65.6 cm³/mol. The average Bonchev–Trinajstić information content (AvgIpc) is 2.64. The molecule has 1 aromatic heterocycles. The number of aromatic nitrogens is 1. The van der Waals surface area contributed by atoms with Crippen LogP contribution < -0.4 is 0 Å². The van der Waals surface area contributed by atoms with E-state index >= 15 is 0 Å². The Morgan fingerprint density at radius 3 is 2.47 bits per heavy atom. The van der Waals surface area contributed by atoms with E-state index in [9.17, 15) is 13.2 Å². The highest BCUT2D eigenvalue weighted by Gasteiger charge is 2.25. The number of halogens is 1. The molecule has 0 bridgehead atoms. The number of hydrogen-bond acceptors (Lipinski definition) is 5. The van der Waals surface area contributed by atoms with Gasteiger partial charge in [-0.1, -0.05) is 22.9 Å². The lowest BCUT2D eigenvalue weighted by Gasteiger charge is -2.17. The molecule has 0 N–H and O–H groups in total. The van der Waals surface area contributed by atoms with Crippen LogP contribution in [0.1, 0.15) is 0 Å². The SMILES string of the molecule is CN(C)C(=O)CN(C)S(=O)(=O)c1cnc(Cl)s1. The third kappa shape index (κ3) is 3.38. The van der Waals surface area contributed by atoms with Crippen LogP contribution in [0.25, 0.3) is 0 Å². The summed E-state index contributed by atoms with van der Waals surface area (Å²) in [6.45, 7) is -0.217. The minimum atomic E-state index is -3.69. The fourth-order valence-electron chi connectivity index (χ4n) is 0.929.